The molecule has 5 aliphatic rings. The highest BCUT2D eigenvalue weighted by Crippen LogP contribution is 2.39. The number of carbonyl (C=O) groups is 2. The molecule has 246 valence electrons. The maximum atomic E-state index is 12.5. The Morgan fingerprint density at radius 1 is 0.957 bits per heavy atom. The second-order valence-corrected chi connectivity index (χ2v) is 13.8. The molecule has 12 nitrogen and oxygen atoms in total. The zero-order valence-corrected chi connectivity index (χ0v) is 27.5. The van der Waals surface area contributed by atoms with Crippen molar-refractivity contribution >= 4 is 23.6 Å². The lowest BCUT2D eigenvalue weighted by molar-refractivity contribution is -0.129. The number of anilines is 2. The third-order valence-corrected chi connectivity index (χ3v) is 10.9. The zero-order chi connectivity index (χ0) is 31.9. The first-order chi connectivity index (χ1) is 22.2. The number of nitrogens with zero attached hydrogens (tertiary/aromatic N) is 9. The lowest BCUT2D eigenvalue weighted by Gasteiger charge is -2.38. The molecule has 2 saturated heterocycles. The number of allylic oxidation sites excluding steroid dienone is 2. The van der Waals surface area contributed by atoms with Crippen molar-refractivity contribution in [1.82, 2.24) is 34.4 Å². The van der Waals surface area contributed by atoms with Gasteiger partial charge >= 0.3 is 5.97 Å². The molecule has 46 heavy (non-hydrogen) atoms. The maximum Gasteiger partial charge on any atom is 0.338 e. The van der Waals surface area contributed by atoms with Gasteiger partial charge < -0.3 is 29.6 Å². The molecule has 0 bridgehead atoms. The van der Waals surface area contributed by atoms with Crippen molar-refractivity contribution in [2.75, 3.05) is 69.2 Å². The molecule has 0 spiro atoms. The molecule has 0 aliphatic carbocycles. The summed E-state index contributed by atoms with van der Waals surface area (Å²) in [6.07, 6.45) is 12.6. The van der Waals surface area contributed by atoms with E-state index < -0.39 is 5.97 Å². The van der Waals surface area contributed by atoms with Crippen LogP contribution in [0.3, 0.4) is 0 Å². The van der Waals surface area contributed by atoms with E-state index in [1.165, 1.54) is 40.6 Å². The summed E-state index contributed by atoms with van der Waals surface area (Å²) in [5.74, 6) is 1.47. The molecule has 1 N–H and O–H groups in total. The fourth-order valence-corrected chi connectivity index (χ4v) is 8.01. The molecular weight excluding hydrogens is 582 g/mol. The average Bonchev–Trinajstić information content (AvgIpc) is 3.44. The number of likely N-dealkylation sites (tertiary alicyclic amines) is 1. The minimum Gasteiger partial charge on any atom is -0.478 e. The Hall–Kier alpha value is -3.93. The summed E-state index contributed by atoms with van der Waals surface area (Å²) in [7, 11) is 2.17. The van der Waals surface area contributed by atoms with E-state index in [2.05, 4.69) is 54.3 Å². The lowest BCUT2D eigenvalue weighted by atomic mass is 9.94. The number of amides is 1. The van der Waals surface area contributed by atoms with Gasteiger partial charge in [-0.2, -0.15) is 5.10 Å². The predicted molar refractivity (Wildman–Crippen MR) is 176 cm³/mol. The van der Waals surface area contributed by atoms with Crippen molar-refractivity contribution in [3.8, 4) is 0 Å². The number of hydrogen-bond acceptors (Lipinski definition) is 9. The monoisotopic (exact) mass is 629 g/mol. The van der Waals surface area contributed by atoms with Gasteiger partial charge in [0.15, 0.2) is 5.82 Å². The van der Waals surface area contributed by atoms with Gasteiger partial charge in [-0.05, 0) is 63.0 Å². The normalized spacial score (nSPS) is 21.8. The minimum absolute atomic E-state index is 0.120. The molecule has 12 heteroatoms. The molecule has 1 amide bonds. The van der Waals surface area contributed by atoms with Crippen LogP contribution in [-0.2, 0) is 17.8 Å². The first-order valence-corrected chi connectivity index (χ1v) is 17.0. The van der Waals surface area contributed by atoms with Gasteiger partial charge in [-0.1, -0.05) is 0 Å². The number of aromatic carboxylic acids is 1. The van der Waals surface area contributed by atoms with E-state index in [0.717, 1.165) is 103 Å². The molecule has 0 radical (unpaired) electrons. The standard InChI is InChI=1S/C34H47N9O3/c1-23-17-31-26(21-38(23)3)5-4-11-42(31)32-29-22-41(24(2)44)16-10-30(29)43(37-32)28-8-12-39(13-9-28)20-25-6-14-40(15-7-25)34-35-18-27(19-36-34)33(45)46/h17-19,25,28H,4-16,20-22H2,1-3H3,(H,45,46). The van der Waals surface area contributed by atoms with Gasteiger partial charge in [0.1, 0.15) is 0 Å². The Balaban J connectivity index is 1.02. The zero-order valence-electron chi connectivity index (χ0n) is 27.5. The highest BCUT2D eigenvalue weighted by molar-refractivity contribution is 5.86. The Morgan fingerprint density at radius 2 is 1.70 bits per heavy atom. The third-order valence-electron chi connectivity index (χ3n) is 10.9. The summed E-state index contributed by atoms with van der Waals surface area (Å²) in [5, 5.41) is 14.5. The molecule has 0 aromatic carbocycles. The van der Waals surface area contributed by atoms with Gasteiger partial charge in [0.2, 0.25) is 11.9 Å². The molecule has 7 heterocycles. The Kier molecular flexibility index (Phi) is 8.48. The van der Waals surface area contributed by atoms with Crippen LogP contribution >= 0.6 is 0 Å². The van der Waals surface area contributed by atoms with Crippen LogP contribution in [0.5, 0.6) is 0 Å². The van der Waals surface area contributed by atoms with Crippen molar-refractivity contribution in [2.24, 2.45) is 5.92 Å². The van der Waals surface area contributed by atoms with E-state index in [9.17, 15) is 9.59 Å². The number of hydrogen-bond donors (Lipinski definition) is 1. The topological polar surface area (TPSA) is 114 Å². The van der Waals surface area contributed by atoms with Crippen molar-refractivity contribution in [1.29, 1.82) is 0 Å². The largest absolute Gasteiger partial charge is 0.478 e. The van der Waals surface area contributed by atoms with Crippen molar-refractivity contribution < 1.29 is 14.7 Å². The molecular formula is C34H47N9O3. The number of rotatable bonds is 6. The number of likely N-dealkylation sites (N-methyl/N-ethyl adjacent to an activating group) is 1. The summed E-state index contributed by atoms with van der Waals surface area (Å²) < 4.78 is 2.37. The third kappa shape index (κ3) is 5.99. The van der Waals surface area contributed by atoms with Crippen LogP contribution in [0.1, 0.15) is 80.0 Å². The van der Waals surface area contributed by atoms with Gasteiger partial charge in [0, 0.05) is 108 Å². The van der Waals surface area contributed by atoms with Crippen molar-refractivity contribution in [2.45, 2.75) is 71.4 Å². The second-order valence-electron chi connectivity index (χ2n) is 13.8. The van der Waals surface area contributed by atoms with E-state index in [1.54, 1.807) is 6.92 Å². The summed E-state index contributed by atoms with van der Waals surface area (Å²) in [6.45, 7) is 12.3. The summed E-state index contributed by atoms with van der Waals surface area (Å²) in [5.41, 5.74) is 6.79. The highest BCUT2D eigenvalue weighted by Gasteiger charge is 2.35. The molecule has 7 rings (SSSR count). The van der Waals surface area contributed by atoms with Crippen LogP contribution in [0, 0.1) is 5.92 Å². The SMILES string of the molecule is CC(=O)N1CCc2c(c(N3CCCC4=C3C=C(C)N(C)C4)nn2C2CCN(CC3CCN(c4ncc(C(=O)O)cn4)CC3)CC2)C1. The number of carbonyl (C=O) groups excluding carboxylic acids is 1. The number of carboxylic acids is 1. The van der Waals surface area contributed by atoms with Gasteiger partial charge in [-0.15, -0.1) is 0 Å². The van der Waals surface area contributed by atoms with Crippen LogP contribution in [0.25, 0.3) is 0 Å². The van der Waals surface area contributed by atoms with Gasteiger partial charge in [-0.3, -0.25) is 9.48 Å². The van der Waals surface area contributed by atoms with E-state index in [-0.39, 0.29) is 11.5 Å². The van der Waals surface area contributed by atoms with Gasteiger partial charge in [-0.25, -0.2) is 14.8 Å². The van der Waals surface area contributed by atoms with Gasteiger partial charge in [0.25, 0.3) is 0 Å². The van der Waals surface area contributed by atoms with E-state index in [1.807, 2.05) is 4.90 Å². The summed E-state index contributed by atoms with van der Waals surface area (Å²) >= 11 is 0. The molecule has 2 aromatic rings. The van der Waals surface area contributed by atoms with Crippen LogP contribution in [-0.4, -0.2) is 111 Å². The average molecular weight is 630 g/mol. The first kappa shape index (κ1) is 30.7. The lowest BCUT2D eigenvalue weighted by Crippen LogP contribution is -2.42. The summed E-state index contributed by atoms with van der Waals surface area (Å²) in [4.78, 5) is 43.8. The highest BCUT2D eigenvalue weighted by atomic mass is 16.4. The van der Waals surface area contributed by atoms with Crippen molar-refractivity contribution in [3.05, 3.63) is 52.3 Å². The molecule has 0 saturated carbocycles. The number of fused-ring (bicyclic) bond motifs is 1. The Morgan fingerprint density at radius 3 is 2.39 bits per heavy atom. The molecule has 2 fully saturated rings. The maximum absolute atomic E-state index is 12.5. The summed E-state index contributed by atoms with van der Waals surface area (Å²) in [6, 6.07) is 0.378. The smallest absolute Gasteiger partial charge is 0.338 e. The fraction of sp³-hybridized carbons (Fsp3) is 0.618. The number of piperidine rings is 2. The first-order valence-electron chi connectivity index (χ1n) is 17.0. The Bertz CT molecular complexity index is 1530. The van der Waals surface area contributed by atoms with E-state index in [4.69, 9.17) is 10.2 Å². The predicted octanol–water partition coefficient (Wildman–Crippen LogP) is 3.53. The molecule has 0 unspecified atom stereocenters. The van der Waals surface area contributed by atoms with Crippen LogP contribution in [0.2, 0.25) is 0 Å². The minimum atomic E-state index is -1.00. The molecule has 0 atom stereocenters. The van der Waals surface area contributed by atoms with Crippen molar-refractivity contribution in [3.63, 3.8) is 0 Å². The quantitative estimate of drug-likeness (QED) is 0.509. The Labute approximate surface area is 271 Å². The van der Waals surface area contributed by atoms with E-state index in [0.29, 0.717) is 24.5 Å². The fourth-order valence-electron chi connectivity index (χ4n) is 8.01. The van der Waals surface area contributed by atoms with Crippen LogP contribution < -0.4 is 9.80 Å². The van der Waals surface area contributed by atoms with Crippen LogP contribution in [0.4, 0.5) is 11.8 Å². The number of aromatic nitrogens is 4. The molecule has 2 aromatic heterocycles. The molecule has 5 aliphatic heterocycles. The van der Waals surface area contributed by atoms with Gasteiger partial charge in [0.05, 0.1) is 18.2 Å². The second kappa shape index (κ2) is 12.7. The van der Waals surface area contributed by atoms with E-state index >= 15 is 0 Å². The number of carboxylic acid groups (broad SMARTS) is 1. The van der Waals surface area contributed by atoms with Crippen LogP contribution in [0.15, 0.2) is 35.4 Å².